The van der Waals surface area contributed by atoms with Crippen molar-refractivity contribution in [3.05, 3.63) is 6.20 Å². The lowest BCUT2D eigenvalue weighted by Gasteiger charge is -2.37. The highest BCUT2D eigenvalue weighted by atomic mass is 16.3. The number of nitrogens with zero attached hydrogens (tertiary/aromatic N) is 4. The van der Waals surface area contributed by atoms with E-state index in [4.69, 9.17) is 0 Å². The molecule has 21 heavy (non-hydrogen) atoms. The number of β-amino-alcohol motifs (C(OH)–C–C–N with tert-alkyl or cyclic N) is 1. The fourth-order valence-corrected chi connectivity index (χ4v) is 2.58. The zero-order valence-corrected chi connectivity index (χ0v) is 11.9. The van der Waals surface area contributed by atoms with Crippen LogP contribution in [0.3, 0.4) is 0 Å². The molecule has 0 bridgehead atoms. The highest BCUT2D eigenvalue weighted by Gasteiger charge is 2.34. The molecule has 2 fully saturated rings. The van der Waals surface area contributed by atoms with Gasteiger partial charge in [-0.15, -0.1) is 5.10 Å². The van der Waals surface area contributed by atoms with E-state index >= 15 is 0 Å². The highest BCUT2D eigenvalue weighted by molar-refractivity contribution is 5.88. The second kappa shape index (κ2) is 5.61. The van der Waals surface area contributed by atoms with Crippen LogP contribution in [0.15, 0.2) is 6.20 Å². The first kappa shape index (κ1) is 14.3. The number of nitrogens with one attached hydrogen (secondary N) is 1. The van der Waals surface area contributed by atoms with Crippen molar-refractivity contribution in [2.75, 3.05) is 25.0 Å². The summed E-state index contributed by atoms with van der Waals surface area (Å²) in [6.45, 7) is 1.15. The Morgan fingerprint density at radius 3 is 3.05 bits per heavy atom. The molecule has 8 nitrogen and oxygen atoms in total. The lowest BCUT2D eigenvalue weighted by atomic mass is 9.94. The molecule has 1 saturated heterocycles. The Balaban J connectivity index is 1.56. The van der Waals surface area contributed by atoms with Gasteiger partial charge in [-0.25, -0.2) is 4.79 Å². The Labute approximate surface area is 122 Å². The molecule has 1 aliphatic carbocycles. The number of aliphatic hydroxyl groups is 2. The van der Waals surface area contributed by atoms with Crippen LogP contribution in [0.5, 0.6) is 0 Å². The Kier molecular flexibility index (Phi) is 3.81. The van der Waals surface area contributed by atoms with E-state index in [9.17, 15) is 15.0 Å². The van der Waals surface area contributed by atoms with Crippen LogP contribution in [0.1, 0.15) is 25.7 Å². The normalized spacial score (nSPS) is 25.9. The van der Waals surface area contributed by atoms with Crippen molar-refractivity contribution in [3.8, 4) is 0 Å². The van der Waals surface area contributed by atoms with E-state index < -0.39 is 5.60 Å². The van der Waals surface area contributed by atoms with Crippen molar-refractivity contribution in [2.24, 2.45) is 5.92 Å². The predicted molar refractivity (Wildman–Crippen MR) is 74.6 cm³/mol. The molecule has 1 unspecified atom stereocenters. The molecule has 0 aromatic carbocycles. The third-order valence-corrected chi connectivity index (χ3v) is 4.03. The van der Waals surface area contributed by atoms with Crippen LogP contribution in [0.2, 0.25) is 0 Å². The van der Waals surface area contributed by atoms with Gasteiger partial charge in [0.15, 0.2) is 5.82 Å². The minimum Gasteiger partial charge on any atom is -0.393 e. The van der Waals surface area contributed by atoms with Crippen molar-refractivity contribution in [1.82, 2.24) is 19.9 Å². The molecule has 0 radical (unpaired) electrons. The lowest BCUT2D eigenvalue weighted by molar-refractivity contribution is -0.0558. The van der Waals surface area contributed by atoms with Gasteiger partial charge in [0, 0.05) is 6.54 Å². The van der Waals surface area contributed by atoms with Gasteiger partial charge in [0.2, 0.25) is 0 Å². The Morgan fingerprint density at radius 2 is 2.33 bits per heavy atom. The van der Waals surface area contributed by atoms with Gasteiger partial charge in [0.25, 0.3) is 0 Å². The molecule has 2 aliphatic rings. The van der Waals surface area contributed by atoms with Crippen LogP contribution < -0.4 is 5.32 Å². The number of piperidine rings is 1. The molecule has 0 spiro atoms. The van der Waals surface area contributed by atoms with E-state index in [0.29, 0.717) is 31.1 Å². The summed E-state index contributed by atoms with van der Waals surface area (Å²) in [5.41, 5.74) is -1.20. The van der Waals surface area contributed by atoms with Gasteiger partial charge in [0.05, 0.1) is 25.9 Å². The fourth-order valence-electron chi connectivity index (χ4n) is 2.58. The summed E-state index contributed by atoms with van der Waals surface area (Å²) in [5, 5.41) is 30.3. The van der Waals surface area contributed by atoms with Crippen LogP contribution in [0, 0.1) is 5.92 Å². The summed E-state index contributed by atoms with van der Waals surface area (Å²) < 4.78 is 0. The van der Waals surface area contributed by atoms with E-state index in [1.54, 1.807) is 4.80 Å². The lowest BCUT2D eigenvalue weighted by Crippen LogP contribution is -2.53. The molecule has 2 amide bonds. The maximum Gasteiger partial charge on any atom is 0.323 e. The maximum atomic E-state index is 12.2. The van der Waals surface area contributed by atoms with E-state index in [-0.39, 0.29) is 19.2 Å². The summed E-state index contributed by atoms with van der Waals surface area (Å²) >= 11 is 0. The molecule has 8 heteroatoms. The Hall–Kier alpha value is -1.67. The van der Waals surface area contributed by atoms with Crippen molar-refractivity contribution in [1.29, 1.82) is 0 Å². The maximum absolute atomic E-state index is 12.2. The van der Waals surface area contributed by atoms with Crippen molar-refractivity contribution in [2.45, 2.75) is 37.8 Å². The van der Waals surface area contributed by atoms with Crippen molar-refractivity contribution >= 4 is 11.8 Å². The topological polar surface area (TPSA) is 104 Å². The van der Waals surface area contributed by atoms with Crippen molar-refractivity contribution < 1.29 is 15.0 Å². The zero-order chi connectivity index (χ0) is 14.9. The van der Waals surface area contributed by atoms with Crippen LogP contribution in [0.4, 0.5) is 10.6 Å². The van der Waals surface area contributed by atoms with Gasteiger partial charge in [-0.05, 0) is 31.6 Å². The summed E-state index contributed by atoms with van der Waals surface area (Å²) in [4.78, 5) is 15.3. The number of hydrogen-bond donors (Lipinski definition) is 3. The first-order valence-corrected chi connectivity index (χ1v) is 7.37. The Bertz CT molecular complexity index is 516. The number of hydrogen-bond acceptors (Lipinski definition) is 5. The number of carbonyl (C=O) groups is 1. The second-order valence-corrected chi connectivity index (χ2v) is 6.07. The van der Waals surface area contributed by atoms with E-state index in [1.165, 1.54) is 23.9 Å². The molecular weight excluding hydrogens is 274 g/mol. The minimum absolute atomic E-state index is 0.131. The second-order valence-electron chi connectivity index (χ2n) is 6.07. The first-order valence-electron chi connectivity index (χ1n) is 7.37. The summed E-state index contributed by atoms with van der Waals surface area (Å²) in [5.74, 6) is 1.08. The molecule has 116 valence electrons. The number of urea groups is 1. The van der Waals surface area contributed by atoms with E-state index in [1.807, 2.05) is 0 Å². The van der Waals surface area contributed by atoms with Gasteiger partial charge in [-0.1, -0.05) is 0 Å². The van der Waals surface area contributed by atoms with Crippen LogP contribution >= 0.6 is 0 Å². The average molecular weight is 295 g/mol. The highest BCUT2D eigenvalue weighted by Crippen LogP contribution is 2.30. The van der Waals surface area contributed by atoms with Gasteiger partial charge >= 0.3 is 6.03 Å². The smallest absolute Gasteiger partial charge is 0.323 e. The standard InChI is InChI=1S/C13H21N5O3/c19-9-13(21)4-1-5-17(8-13)12(20)15-11-6-14-18(16-11)7-10-2-3-10/h6,10,19,21H,1-5,7-9H2,(H,15,16,20). The fraction of sp³-hybridized carbons (Fsp3) is 0.769. The molecule has 2 heterocycles. The Morgan fingerprint density at radius 1 is 1.52 bits per heavy atom. The van der Waals surface area contributed by atoms with E-state index in [2.05, 4.69) is 15.5 Å². The van der Waals surface area contributed by atoms with Gasteiger partial charge in [0.1, 0.15) is 5.60 Å². The molecule has 1 saturated carbocycles. The number of rotatable bonds is 4. The first-order chi connectivity index (χ1) is 10.1. The van der Waals surface area contributed by atoms with Gasteiger partial charge < -0.3 is 15.1 Å². The zero-order valence-electron chi connectivity index (χ0n) is 11.9. The number of likely N-dealkylation sites (tertiary alicyclic amines) is 1. The third-order valence-electron chi connectivity index (χ3n) is 4.03. The SMILES string of the molecule is O=C(Nc1cnn(CC2CC2)n1)N1CCCC(O)(CO)C1. The molecule has 3 rings (SSSR count). The molecule has 1 aliphatic heterocycles. The number of aromatic nitrogens is 3. The summed E-state index contributed by atoms with van der Waals surface area (Å²) in [6, 6.07) is -0.319. The number of carbonyl (C=O) groups excluding carboxylic acids is 1. The monoisotopic (exact) mass is 295 g/mol. The molecule has 1 atom stereocenters. The van der Waals surface area contributed by atoms with Gasteiger partial charge in [-0.3, -0.25) is 5.32 Å². The van der Waals surface area contributed by atoms with E-state index in [0.717, 1.165) is 6.54 Å². The molecular formula is C13H21N5O3. The predicted octanol–water partition coefficient (Wildman–Crippen LogP) is 0.0392. The molecule has 1 aromatic heterocycles. The average Bonchev–Trinajstić information content (AvgIpc) is 3.18. The summed E-state index contributed by atoms with van der Waals surface area (Å²) in [7, 11) is 0. The van der Waals surface area contributed by atoms with Crippen LogP contribution in [-0.2, 0) is 6.54 Å². The van der Waals surface area contributed by atoms with Crippen molar-refractivity contribution in [3.63, 3.8) is 0 Å². The quantitative estimate of drug-likeness (QED) is 0.727. The van der Waals surface area contributed by atoms with Crippen LogP contribution in [-0.4, -0.2) is 61.4 Å². The number of anilines is 1. The largest absolute Gasteiger partial charge is 0.393 e. The van der Waals surface area contributed by atoms with Gasteiger partial charge in [-0.2, -0.15) is 9.90 Å². The number of amides is 2. The molecule has 1 aromatic rings. The summed E-state index contributed by atoms with van der Waals surface area (Å²) in [6.07, 6.45) is 5.14. The number of aliphatic hydroxyl groups excluding tert-OH is 1. The third kappa shape index (κ3) is 3.51. The minimum atomic E-state index is -1.20. The van der Waals surface area contributed by atoms with Crippen LogP contribution in [0.25, 0.3) is 0 Å². The molecule has 3 N–H and O–H groups in total.